The highest BCUT2D eigenvalue weighted by Gasteiger charge is 2.18. The molecule has 3 rings (SSSR count). The molecule has 4 heteroatoms. The first-order chi connectivity index (χ1) is 14.3. The largest absolute Gasteiger partial charge is 0.497 e. The van der Waals surface area contributed by atoms with E-state index in [1.54, 1.807) is 14.0 Å². The van der Waals surface area contributed by atoms with Gasteiger partial charge in [0, 0.05) is 25.3 Å². The first kappa shape index (κ1) is 23.9. The lowest BCUT2D eigenvalue weighted by Gasteiger charge is -2.30. The van der Waals surface area contributed by atoms with Crippen LogP contribution in [0.3, 0.4) is 0 Å². The molecule has 1 aliphatic rings. The van der Waals surface area contributed by atoms with Crippen LogP contribution in [0.4, 0.5) is 5.69 Å². The van der Waals surface area contributed by atoms with E-state index in [0.717, 1.165) is 25.1 Å². The summed E-state index contributed by atoms with van der Waals surface area (Å²) in [6.07, 6.45) is 4.75. The summed E-state index contributed by atoms with van der Waals surface area (Å²) in [6.45, 7) is 7.65. The number of nitrogens with zero attached hydrogens (tertiary/aromatic N) is 2. The SMILES string of the molecule is CC(=O)CN(C)C(C)c1ccc2c(c1)CCCN2C.CCCc1ccc(OC)cc1. The van der Waals surface area contributed by atoms with Crippen molar-refractivity contribution in [2.75, 3.05) is 39.2 Å². The highest BCUT2D eigenvalue weighted by Crippen LogP contribution is 2.30. The molecule has 164 valence electrons. The molecule has 0 aromatic heterocycles. The summed E-state index contributed by atoms with van der Waals surface area (Å²) < 4.78 is 5.05. The molecule has 30 heavy (non-hydrogen) atoms. The second-order valence-electron chi connectivity index (χ2n) is 8.30. The summed E-state index contributed by atoms with van der Waals surface area (Å²) in [5.41, 5.74) is 5.48. The van der Waals surface area contributed by atoms with Gasteiger partial charge in [0.05, 0.1) is 13.7 Å². The number of hydrogen-bond donors (Lipinski definition) is 0. The van der Waals surface area contributed by atoms with Crippen LogP contribution in [0.5, 0.6) is 5.75 Å². The van der Waals surface area contributed by atoms with E-state index in [1.807, 2.05) is 19.2 Å². The van der Waals surface area contributed by atoms with Crippen molar-refractivity contribution in [2.45, 2.75) is 52.5 Å². The zero-order valence-electron chi connectivity index (χ0n) is 19.6. The lowest BCUT2D eigenvalue weighted by atomic mass is 9.96. The van der Waals surface area contributed by atoms with Gasteiger partial charge in [-0.05, 0) is 75.0 Å². The molecule has 0 fully saturated rings. The zero-order chi connectivity index (χ0) is 22.1. The third-order valence-electron chi connectivity index (χ3n) is 5.77. The van der Waals surface area contributed by atoms with Crippen LogP contribution in [0.25, 0.3) is 0 Å². The predicted octanol–water partition coefficient (Wildman–Crippen LogP) is 5.30. The van der Waals surface area contributed by atoms with Crippen molar-refractivity contribution in [3.63, 3.8) is 0 Å². The minimum atomic E-state index is 0.215. The number of likely N-dealkylation sites (N-methyl/N-ethyl adjacent to an activating group) is 1. The molecule has 0 aliphatic carbocycles. The second-order valence-corrected chi connectivity index (χ2v) is 8.30. The lowest BCUT2D eigenvalue weighted by Crippen LogP contribution is -2.28. The predicted molar refractivity (Wildman–Crippen MR) is 127 cm³/mol. The summed E-state index contributed by atoms with van der Waals surface area (Å²) in [6, 6.07) is 15.2. The van der Waals surface area contributed by atoms with E-state index in [1.165, 1.54) is 35.2 Å². The molecule has 0 radical (unpaired) electrons. The van der Waals surface area contributed by atoms with Crippen molar-refractivity contribution in [2.24, 2.45) is 0 Å². The van der Waals surface area contributed by atoms with Crippen LogP contribution in [0.1, 0.15) is 56.3 Å². The van der Waals surface area contributed by atoms with Crippen molar-refractivity contribution >= 4 is 11.5 Å². The lowest BCUT2D eigenvalue weighted by molar-refractivity contribution is -0.118. The van der Waals surface area contributed by atoms with Crippen molar-refractivity contribution < 1.29 is 9.53 Å². The molecule has 0 saturated heterocycles. The minimum Gasteiger partial charge on any atom is -0.497 e. The van der Waals surface area contributed by atoms with Crippen molar-refractivity contribution in [1.82, 2.24) is 4.90 Å². The number of Topliss-reactive ketones (excluding diaryl/α,β-unsaturated/α-hetero) is 1. The second kappa shape index (κ2) is 11.8. The Morgan fingerprint density at radius 2 is 1.90 bits per heavy atom. The molecule has 0 amide bonds. The maximum Gasteiger partial charge on any atom is 0.143 e. The molecule has 4 nitrogen and oxygen atoms in total. The molecule has 1 unspecified atom stereocenters. The van der Waals surface area contributed by atoms with E-state index in [-0.39, 0.29) is 11.8 Å². The van der Waals surface area contributed by atoms with Crippen LogP contribution in [0, 0.1) is 0 Å². The maximum absolute atomic E-state index is 11.2. The topological polar surface area (TPSA) is 32.8 Å². The zero-order valence-corrected chi connectivity index (χ0v) is 19.6. The Bertz CT molecular complexity index is 801. The Hall–Kier alpha value is -2.33. The number of ether oxygens (including phenoxy) is 1. The van der Waals surface area contributed by atoms with Gasteiger partial charge in [-0.2, -0.15) is 0 Å². The summed E-state index contributed by atoms with van der Waals surface area (Å²) in [4.78, 5) is 15.7. The molecule has 0 N–H and O–H groups in total. The van der Waals surface area contributed by atoms with Gasteiger partial charge in [-0.3, -0.25) is 9.69 Å². The minimum absolute atomic E-state index is 0.215. The van der Waals surface area contributed by atoms with E-state index in [2.05, 4.69) is 61.0 Å². The van der Waals surface area contributed by atoms with E-state index < -0.39 is 0 Å². The maximum atomic E-state index is 11.2. The molecule has 2 aromatic carbocycles. The van der Waals surface area contributed by atoms with Crippen molar-refractivity contribution in [3.8, 4) is 5.75 Å². The smallest absolute Gasteiger partial charge is 0.143 e. The number of ketones is 1. The Balaban J connectivity index is 0.000000248. The van der Waals surface area contributed by atoms with Gasteiger partial charge in [0.25, 0.3) is 0 Å². The summed E-state index contributed by atoms with van der Waals surface area (Å²) >= 11 is 0. The third kappa shape index (κ3) is 6.88. The number of anilines is 1. The van der Waals surface area contributed by atoms with Crippen LogP contribution in [0.15, 0.2) is 42.5 Å². The summed E-state index contributed by atoms with van der Waals surface area (Å²) in [5.74, 6) is 1.15. The van der Waals surface area contributed by atoms with Crippen LogP contribution < -0.4 is 9.64 Å². The fourth-order valence-electron chi connectivity index (χ4n) is 3.89. The number of aryl methyl sites for hydroxylation is 2. The van der Waals surface area contributed by atoms with Gasteiger partial charge < -0.3 is 9.64 Å². The van der Waals surface area contributed by atoms with E-state index in [0.29, 0.717) is 6.54 Å². The molecule has 1 atom stereocenters. The van der Waals surface area contributed by atoms with Gasteiger partial charge in [-0.1, -0.05) is 37.6 Å². The van der Waals surface area contributed by atoms with Crippen LogP contribution >= 0.6 is 0 Å². The molecule has 2 aromatic rings. The van der Waals surface area contributed by atoms with Crippen molar-refractivity contribution in [3.05, 3.63) is 59.2 Å². The Morgan fingerprint density at radius 1 is 1.20 bits per heavy atom. The standard InChI is InChI=1S/C16H24N2O.C10H14O/c1-12(19)11-18(4)13(2)14-7-8-16-15(10-14)6-5-9-17(16)3;1-3-4-9-5-7-10(11-2)8-6-9/h7-8,10,13H,5-6,9,11H2,1-4H3;5-8H,3-4H2,1-2H3. The van der Waals surface area contributed by atoms with Gasteiger partial charge in [-0.15, -0.1) is 0 Å². The first-order valence-corrected chi connectivity index (χ1v) is 11.0. The van der Waals surface area contributed by atoms with E-state index >= 15 is 0 Å². The highest BCUT2D eigenvalue weighted by molar-refractivity contribution is 5.77. The van der Waals surface area contributed by atoms with Gasteiger partial charge in [0.2, 0.25) is 0 Å². The number of hydrogen-bond acceptors (Lipinski definition) is 4. The number of benzene rings is 2. The van der Waals surface area contributed by atoms with Gasteiger partial charge in [-0.25, -0.2) is 0 Å². The third-order valence-corrected chi connectivity index (χ3v) is 5.77. The van der Waals surface area contributed by atoms with Gasteiger partial charge >= 0.3 is 0 Å². The molecule has 0 spiro atoms. The number of rotatable bonds is 7. The van der Waals surface area contributed by atoms with Gasteiger partial charge in [0.1, 0.15) is 11.5 Å². The quantitative estimate of drug-likeness (QED) is 0.620. The number of carbonyl (C=O) groups excluding carboxylic acids is 1. The molecule has 0 bridgehead atoms. The fraction of sp³-hybridized carbons (Fsp3) is 0.500. The molecular formula is C26H38N2O2. The van der Waals surface area contributed by atoms with Crippen LogP contribution in [0.2, 0.25) is 0 Å². The Kier molecular flexibility index (Phi) is 9.38. The molecule has 0 saturated carbocycles. The van der Waals surface area contributed by atoms with Crippen LogP contribution in [-0.2, 0) is 17.6 Å². The number of fused-ring (bicyclic) bond motifs is 1. The summed E-state index contributed by atoms with van der Waals surface area (Å²) in [7, 11) is 5.86. The molecular weight excluding hydrogens is 372 g/mol. The monoisotopic (exact) mass is 410 g/mol. The number of methoxy groups -OCH3 is 1. The molecule has 1 aliphatic heterocycles. The van der Waals surface area contributed by atoms with Gasteiger partial charge in [0.15, 0.2) is 0 Å². The summed E-state index contributed by atoms with van der Waals surface area (Å²) in [5, 5.41) is 0. The fourth-order valence-corrected chi connectivity index (χ4v) is 3.89. The van der Waals surface area contributed by atoms with Crippen LogP contribution in [-0.4, -0.2) is 45.0 Å². The average molecular weight is 411 g/mol. The average Bonchev–Trinajstić information content (AvgIpc) is 2.74. The highest BCUT2D eigenvalue weighted by atomic mass is 16.5. The Morgan fingerprint density at radius 3 is 2.50 bits per heavy atom. The first-order valence-electron chi connectivity index (χ1n) is 11.0. The molecule has 1 heterocycles. The van der Waals surface area contributed by atoms with E-state index in [9.17, 15) is 4.79 Å². The van der Waals surface area contributed by atoms with Crippen molar-refractivity contribution in [1.29, 1.82) is 0 Å². The van der Waals surface area contributed by atoms with E-state index in [4.69, 9.17) is 4.74 Å². The number of carbonyl (C=O) groups is 1. The normalized spacial score (nSPS) is 13.9. The Labute approximate surface area is 182 Å².